The zero-order chi connectivity index (χ0) is 18.6. The molecule has 1 aliphatic rings. The molecule has 3 aromatic rings. The minimum atomic E-state index is -0.0797. The number of likely N-dealkylation sites (tertiary alicyclic amines) is 1. The summed E-state index contributed by atoms with van der Waals surface area (Å²) in [5.74, 6) is 0.479. The van der Waals surface area contributed by atoms with E-state index in [-0.39, 0.29) is 12.0 Å². The molecule has 1 aromatic carbocycles. The van der Waals surface area contributed by atoms with Gasteiger partial charge in [-0.05, 0) is 31.9 Å². The Morgan fingerprint density at radius 3 is 2.81 bits per heavy atom. The number of ether oxygens (including phenoxy) is 1. The van der Waals surface area contributed by atoms with E-state index in [4.69, 9.17) is 4.74 Å². The van der Waals surface area contributed by atoms with Crippen LogP contribution >= 0.6 is 0 Å². The van der Waals surface area contributed by atoms with E-state index in [1.54, 1.807) is 29.5 Å². The van der Waals surface area contributed by atoms with Crippen LogP contribution in [-0.4, -0.2) is 49.7 Å². The number of hydrogen-bond donors (Lipinski definition) is 0. The van der Waals surface area contributed by atoms with E-state index in [0.717, 1.165) is 30.8 Å². The van der Waals surface area contributed by atoms with Crippen LogP contribution in [-0.2, 0) is 0 Å². The van der Waals surface area contributed by atoms with Gasteiger partial charge in [-0.1, -0.05) is 18.2 Å². The Kier molecular flexibility index (Phi) is 4.82. The molecule has 1 saturated heterocycles. The number of hydrogen-bond acceptors (Lipinski definition) is 5. The third-order valence-corrected chi connectivity index (χ3v) is 4.73. The molecule has 1 fully saturated rings. The van der Waals surface area contributed by atoms with Crippen LogP contribution in [0.15, 0.2) is 55.1 Å². The molecular formula is C20H21N5O2. The van der Waals surface area contributed by atoms with Crippen LogP contribution in [0.5, 0.6) is 5.88 Å². The van der Waals surface area contributed by atoms with Crippen LogP contribution in [0.1, 0.15) is 28.9 Å². The number of para-hydroxylation sites is 1. The Morgan fingerprint density at radius 1 is 1.19 bits per heavy atom. The summed E-state index contributed by atoms with van der Waals surface area (Å²) in [4.78, 5) is 23.1. The van der Waals surface area contributed by atoms with Crippen LogP contribution < -0.4 is 4.74 Å². The molecule has 138 valence electrons. The second kappa shape index (κ2) is 7.57. The predicted molar refractivity (Wildman–Crippen MR) is 99.9 cm³/mol. The molecule has 1 atom stereocenters. The molecule has 1 aliphatic heterocycles. The van der Waals surface area contributed by atoms with Gasteiger partial charge in [-0.3, -0.25) is 9.78 Å². The van der Waals surface area contributed by atoms with Gasteiger partial charge in [-0.2, -0.15) is 5.10 Å². The summed E-state index contributed by atoms with van der Waals surface area (Å²) in [6.07, 6.45) is 8.15. The number of benzene rings is 1. The normalized spacial score (nSPS) is 16.9. The molecule has 7 heteroatoms. The van der Waals surface area contributed by atoms with Crippen molar-refractivity contribution in [2.75, 3.05) is 13.1 Å². The molecule has 1 unspecified atom stereocenters. The van der Waals surface area contributed by atoms with Crippen molar-refractivity contribution >= 4 is 5.91 Å². The molecule has 3 heterocycles. The molecule has 2 aromatic heterocycles. The Hall–Kier alpha value is -3.22. The average molecular weight is 363 g/mol. The summed E-state index contributed by atoms with van der Waals surface area (Å²) in [5.41, 5.74) is 2.40. The highest BCUT2D eigenvalue weighted by molar-refractivity contribution is 5.95. The second-order valence-corrected chi connectivity index (χ2v) is 6.57. The van der Waals surface area contributed by atoms with E-state index in [0.29, 0.717) is 18.0 Å². The summed E-state index contributed by atoms with van der Waals surface area (Å²) in [6, 6.07) is 9.81. The highest BCUT2D eigenvalue weighted by Gasteiger charge is 2.28. The zero-order valence-electron chi connectivity index (χ0n) is 15.2. The van der Waals surface area contributed by atoms with Crippen LogP contribution in [0.4, 0.5) is 0 Å². The molecule has 0 bridgehead atoms. The second-order valence-electron chi connectivity index (χ2n) is 6.57. The topological polar surface area (TPSA) is 73.1 Å². The van der Waals surface area contributed by atoms with Gasteiger partial charge in [-0.15, -0.1) is 0 Å². The Morgan fingerprint density at radius 2 is 2.04 bits per heavy atom. The van der Waals surface area contributed by atoms with Crippen LogP contribution in [0.25, 0.3) is 5.69 Å². The minimum absolute atomic E-state index is 0.0119. The first-order chi connectivity index (χ1) is 13.2. The van der Waals surface area contributed by atoms with Crippen molar-refractivity contribution in [1.29, 1.82) is 0 Å². The third-order valence-electron chi connectivity index (χ3n) is 4.73. The zero-order valence-corrected chi connectivity index (χ0v) is 15.2. The van der Waals surface area contributed by atoms with Crippen LogP contribution in [0, 0.1) is 6.92 Å². The van der Waals surface area contributed by atoms with E-state index >= 15 is 0 Å². The van der Waals surface area contributed by atoms with Gasteiger partial charge in [0.2, 0.25) is 5.88 Å². The number of rotatable bonds is 4. The fourth-order valence-electron chi connectivity index (χ4n) is 3.36. The number of aromatic nitrogens is 4. The monoisotopic (exact) mass is 363 g/mol. The van der Waals surface area contributed by atoms with Gasteiger partial charge in [0.1, 0.15) is 6.10 Å². The van der Waals surface area contributed by atoms with Gasteiger partial charge in [0.15, 0.2) is 0 Å². The maximum atomic E-state index is 13.1. The van der Waals surface area contributed by atoms with E-state index in [2.05, 4.69) is 15.1 Å². The summed E-state index contributed by atoms with van der Waals surface area (Å²) >= 11 is 0. The SMILES string of the molecule is Cc1c(C(=O)N2CCCC(Oc3cnccn3)C2)cnn1-c1ccccc1. The number of amides is 1. The molecule has 0 spiro atoms. The molecule has 0 N–H and O–H groups in total. The molecule has 1 amide bonds. The molecular weight excluding hydrogens is 342 g/mol. The number of nitrogens with zero attached hydrogens (tertiary/aromatic N) is 5. The summed E-state index contributed by atoms with van der Waals surface area (Å²) in [5, 5.41) is 4.41. The maximum Gasteiger partial charge on any atom is 0.257 e. The van der Waals surface area contributed by atoms with Crippen LogP contribution in [0.2, 0.25) is 0 Å². The van der Waals surface area contributed by atoms with Crippen molar-refractivity contribution < 1.29 is 9.53 Å². The fourth-order valence-corrected chi connectivity index (χ4v) is 3.36. The van der Waals surface area contributed by atoms with Crippen molar-refractivity contribution in [2.24, 2.45) is 0 Å². The van der Waals surface area contributed by atoms with Gasteiger partial charge in [0, 0.05) is 18.9 Å². The van der Waals surface area contributed by atoms with Gasteiger partial charge in [0.05, 0.1) is 35.9 Å². The van der Waals surface area contributed by atoms with Gasteiger partial charge < -0.3 is 9.64 Å². The molecule has 0 aliphatic carbocycles. The predicted octanol–water partition coefficient (Wildman–Crippen LogP) is 2.65. The number of carbonyl (C=O) groups excluding carboxylic acids is 1. The lowest BCUT2D eigenvalue weighted by atomic mass is 10.1. The summed E-state index contributed by atoms with van der Waals surface area (Å²) in [6.45, 7) is 3.17. The third kappa shape index (κ3) is 3.67. The number of carbonyl (C=O) groups is 1. The van der Waals surface area contributed by atoms with Crippen molar-refractivity contribution in [3.63, 3.8) is 0 Å². The maximum absolute atomic E-state index is 13.1. The van der Waals surface area contributed by atoms with E-state index < -0.39 is 0 Å². The van der Waals surface area contributed by atoms with E-state index in [1.807, 2.05) is 42.2 Å². The van der Waals surface area contributed by atoms with Gasteiger partial charge in [-0.25, -0.2) is 9.67 Å². The standard InChI is InChI=1S/C20H21N5O2/c1-15-18(12-23-25(15)16-6-3-2-4-7-16)20(26)24-11-5-8-17(14-24)27-19-13-21-9-10-22-19/h2-4,6-7,9-10,12-13,17H,5,8,11,14H2,1H3. The highest BCUT2D eigenvalue weighted by atomic mass is 16.5. The largest absolute Gasteiger partial charge is 0.471 e. The number of piperidine rings is 1. The van der Waals surface area contributed by atoms with Crippen molar-refractivity contribution in [3.8, 4) is 11.6 Å². The first-order valence-corrected chi connectivity index (χ1v) is 9.04. The molecule has 4 rings (SSSR count). The quantitative estimate of drug-likeness (QED) is 0.712. The van der Waals surface area contributed by atoms with E-state index in [9.17, 15) is 4.79 Å². The minimum Gasteiger partial charge on any atom is -0.471 e. The summed E-state index contributed by atoms with van der Waals surface area (Å²) in [7, 11) is 0. The lowest BCUT2D eigenvalue weighted by molar-refractivity contribution is 0.0526. The Labute approximate surface area is 157 Å². The first kappa shape index (κ1) is 17.2. The van der Waals surface area contributed by atoms with Crippen molar-refractivity contribution in [3.05, 3.63) is 66.4 Å². The fraction of sp³-hybridized carbons (Fsp3) is 0.300. The first-order valence-electron chi connectivity index (χ1n) is 9.04. The molecule has 0 saturated carbocycles. The molecule has 7 nitrogen and oxygen atoms in total. The Balaban J connectivity index is 1.49. The van der Waals surface area contributed by atoms with Crippen molar-refractivity contribution in [1.82, 2.24) is 24.6 Å². The Bertz CT molecular complexity index is 911. The highest BCUT2D eigenvalue weighted by Crippen LogP contribution is 2.20. The average Bonchev–Trinajstić information content (AvgIpc) is 3.10. The van der Waals surface area contributed by atoms with E-state index in [1.165, 1.54) is 0 Å². The van der Waals surface area contributed by atoms with Crippen molar-refractivity contribution in [2.45, 2.75) is 25.9 Å². The molecule has 27 heavy (non-hydrogen) atoms. The molecule has 0 radical (unpaired) electrons. The lowest BCUT2D eigenvalue weighted by Gasteiger charge is -2.32. The summed E-state index contributed by atoms with van der Waals surface area (Å²) < 4.78 is 7.68. The van der Waals surface area contributed by atoms with Crippen LogP contribution in [0.3, 0.4) is 0 Å². The smallest absolute Gasteiger partial charge is 0.257 e. The van der Waals surface area contributed by atoms with Gasteiger partial charge >= 0.3 is 0 Å². The van der Waals surface area contributed by atoms with Gasteiger partial charge in [0.25, 0.3) is 5.91 Å². The lowest BCUT2D eigenvalue weighted by Crippen LogP contribution is -2.44.